The highest BCUT2D eigenvalue weighted by Crippen LogP contribution is 2.28. The van der Waals surface area contributed by atoms with Crippen LogP contribution in [0.25, 0.3) is 11.3 Å². The minimum absolute atomic E-state index is 0. The Morgan fingerprint density at radius 2 is 1.96 bits per heavy atom. The Kier molecular flexibility index (Phi) is 9.01. The number of nitrogens with zero attached hydrogens (tertiary/aromatic N) is 2. The number of rotatable bonds is 6. The predicted octanol–water partition coefficient (Wildman–Crippen LogP) is 2.06. The summed E-state index contributed by atoms with van der Waals surface area (Å²) in [7, 11) is 1.71. The Hall–Kier alpha value is -1.67. The summed E-state index contributed by atoms with van der Waals surface area (Å²) in [5.74, 6) is -0.121. The molecule has 2 aromatic rings. The van der Waals surface area contributed by atoms with E-state index < -0.39 is 0 Å². The predicted molar refractivity (Wildman–Crippen MR) is 105 cm³/mol. The van der Waals surface area contributed by atoms with Crippen molar-refractivity contribution < 1.29 is 9.53 Å². The molecule has 9 heteroatoms. The molecule has 0 unspecified atom stereocenters. The first-order valence-electron chi connectivity index (χ1n) is 8.16. The van der Waals surface area contributed by atoms with Gasteiger partial charge in [0.15, 0.2) is 0 Å². The summed E-state index contributed by atoms with van der Waals surface area (Å²) < 4.78 is 5.40. The van der Waals surface area contributed by atoms with Gasteiger partial charge in [0, 0.05) is 37.0 Å². The summed E-state index contributed by atoms with van der Waals surface area (Å²) in [5, 5.41) is 13.4. The van der Waals surface area contributed by atoms with Gasteiger partial charge in [0.1, 0.15) is 0 Å². The number of carbonyl (C=O) groups excluding carboxylic acids is 1. The Bertz CT molecular complexity index is 669. The molecule has 0 atom stereocenters. The van der Waals surface area contributed by atoms with Crippen LogP contribution in [-0.2, 0) is 4.74 Å². The second kappa shape index (κ2) is 10.5. The number of ether oxygens (including phenoxy) is 1. The number of pyridine rings is 1. The molecule has 1 saturated heterocycles. The van der Waals surface area contributed by atoms with E-state index in [0.29, 0.717) is 24.4 Å². The number of halogens is 2. The van der Waals surface area contributed by atoms with Gasteiger partial charge in [0.05, 0.1) is 24.1 Å². The molecule has 3 N–H and O–H groups in total. The van der Waals surface area contributed by atoms with Crippen molar-refractivity contribution in [1.29, 1.82) is 0 Å². The zero-order valence-corrected chi connectivity index (χ0v) is 16.3. The highest BCUT2D eigenvalue weighted by Gasteiger charge is 2.32. The van der Waals surface area contributed by atoms with Gasteiger partial charge in [-0.15, -0.1) is 24.8 Å². The first-order chi connectivity index (χ1) is 11.7. The number of carbonyl (C=O) groups is 1. The minimum Gasteiger partial charge on any atom is -0.384 e. The van der Waals surface area contributed by atoms with Gasteiger partial charge in [0.2, 0.25) is 0 Å². The highest BCUT2D eigenvalue weighted by atomic mass is 35.5. The van der Waals surface area contributed by atoms with E-state index in [4.69, 9.17) is 4.74 Å². The lowest BCUT2D eigenvalue weighted by atomic mass is 9.79. The minimum atomic E-state index is -0.121. The van der Waals surface area contributed by atoms with E-state index in [2.05, 4.69) is 25.8 Å². The number of nitrogens with one attached hydrogen (secondary N) is 3. The van der Waals surface area contributed by atoms with Gasteiger partial charge < -0.3 is 15.4 Å². The van der Waals surface area contributed by atoms with Crippen molar-refractivity contribution >= 4 is 30.7 Å². The molecule has 0 spiro atoms. The van der Waals surface area contributed by atoms with Crippen molar-refractivity contribution in [3.8, 4) is 11.3 Å². The van der Waals surface area contributed by atoms with Gasteiger partial charge in [-0.25, -0.2) is 0 Å². The molecule has 0 radical (unpaired) electrons. The Balaban J connectivity index is 0.00000169. The summed E-state index contributed by atoms with van der Waals surface area (Å²) in [6, 6.07) is 3.70. The summed E-state index contributed by atoms with van der Waals surface area (Å²) in [5.41, 5.74) is 2.14. The summed E-state index contributed by atoms with van der Waals surface area (Å²) in [4.78, 5) is 16.6. The topological polar surface area (TPSA) is 91.9 Å². The van der Waals surface area contributed by atoms with Crippen LogP contribution in [-0.4, -0.2) is 54.4 Å². The van der Waals surface area contributed by atoms with Crippen molar-refractivity contribution in [2.75, 3.05) is 33.4 Å². The maximum absolute atomic E-state index is 12.6. The molecule has 144 valence electrons. The van der Waals surface area contributed by atoms with Crippen molar-refractivity contribution in [3.63, 3.8) is 0 Å². The normalized spacial score (nSPS) is 15.4. The number of hydrogen-bond acceptors (Lipinski definition) is 5. The van der Waals surface area contributed by atoms with E-state index in [9.17, 15) is 4.79 Å². The largest absolute Gasteiger partial charge is 0.384 e. The average molecular weight is 402 g/mol. The molecule has 7 nitrogen and oxygen atoms in total. The van der Waals surface area contributed by atoms with Crippen LogP contribution in [0.4, 0.5) is 0 Å². The molecule has 0 aliphatic carbocycles. The zero-order chi connectivity index (χ0) is 16.8. The molecular formula is C17H25Cl2N5O2. The molecule has 0 aromatic carbocycles. The smallest absolute Gasteiger partial charge is 0.255 e. The third-order valence-corrected chi connectivity index (χ3v) is 4.59. The lowest BCUT2D eigenvalue weighted by molar-refractivity contribution is 0.0512. The Morgan fingerprint density at radius 3 is 2.62 bits per heavy atom. The molecule has 1 fully saturated rings. The van der Waals surface area contributed by atoms with Crippen molar-refractivity contribution in [2.45, 2.75) is 12.8 Å². The second-order valence-electron chi connectivity index (χ2n) is 6.26. The van der Waals surface area contributed by atoms with Crippen LogP contribution in [0.2, 0.25) is 0 Å². The van der Waals surface area contributed by atoms with Crippen LogP contribution in [0.5, 0.6) is 0 Å². The average Bonchev–Trinajstić information content (AvgIpc) is 3.11. The molecule has 1 amide bonds. The first-order valence-corrected chi connectivity index (χ1v) is 8.16. The number of hydrogen-bond donors (Lipinski definition) is 3. The summed E-state index contributed by atoms with van der Waals surface area (Å²) in [6.45, 7) is 3.15. The van der Waals surface area contributed by atoms with Gasteiger partial charge >= 0.3 is 0 Å². The number of piperidine rings is 1. The van der Waals surface area contributed by atoms with Gasteiger partial charge in [0.25, 0.3) is 5.91 Å². The SMILES string of the molecule is COCC1(CNC(=O)c2cn[nH]c2-c2ccncc2)CCNCC1.Cl.Cl. The third-order valence-electron chi connectivity index (χ3n) is 4.59. The third kappa shape index (κ3) is 5.17. The first kappa shape index (κ1) is 22.4. The second-order valence-corrected chi connectivity index (χ2v) is 6.26. The van der Waals surface area contributed by atoms with Gasteiger partial charge in [-0.05, 0) is 38.1 Å². The van der Waals surface area contributed by atoms with Crippen molar-refractivity contribution in [1.82, 2.24) is 25.8 Å². The van der Waals surface area contributed by atoms with E-state index in [0.717, 1.165) is 31.5 Å². The quantitative estimate of drug-likeness (QED) is 0.688. The fourth-order valence-corrected chi connectivity index (χ4v) is 3.20. The van der Waals surface area contributed by atoms with Crippen LogP contribution >= 0.6 is 24.8 Å². The van der Waals surface area contributed by atoms with E-state index in [-0.39, 0.29) is 36.1 Å². The maximum Gasteiger partial charge on any atom is 0.255 e. The maximum atomic E-state index is 12.6. The monoisotopic (exact) mass is 401 g/mol. The fourth-order valence-electron chi connectivity index (χ4n) is 3.20. The van der Waals surface area contributed by atoms with Gasteiger partial charge in [-0.2, -0.15) is 5.10 Å². The molecular weight excluding hydrogens is 377 g/mol. The van der Waals surface area contributed by atoms with E-state index in [1.807, 2.05) is 12.1 Å². The molecule has 0 bridgehead atoms. The molecule has 1 aliphatic rings. The molecule has 26 heavy (non-hydrogen) atoms. The number of aromatic nitrogens is 3. The lowest BCUT2D eigenvalue weighted by Gasteiger charge is -2.37. The lowest BCUT2D eigenvalue weighted by Crippen LogP contribution is -2.47. The van der Waals surface area contributed by atoms with Gasteiger partial charge in [-0.3, -0.25) is 14.9 Å². The molecule has 3 heterocycles. The summed E-state index contributed by atoms with van der Waals surface area (Å²) >= 11 is 0. The van der Waals surface area contributed by atoms with Crippen molar-refractivity contribution in [2.24, 2.45) is 5.41 Å². The Morgan fingerprint density at radius 1 is 1.27 bits per heavy atom. The number of methoxy groups -OCH3 is 1. The van der Waals surface area contributed by atoms with Crippen LogP contribution in [0, 0.1) is 5.41 Å². The fraction of sp³-hybridized carbons (Fsp3) is 0.471. The van der Waals surface area contributed by atoms with Crippen LogP contribution in [0.15, 0.2) is 30.7 Å². The van der Waals surface area contributed by atoms with Crippen LogP contribution < -0.4 is 10.6 Å². The van der Waals surface area contributed by atoms with E-state index in [1.165, 1.54) is 0 Å². The molecule has 3 rings (SSSR count). The zero-order valence-electron chi connectivity index (χ0n) is 14.7. The van der Waals surface area contributed by atoms with Gasteiger partial charge in [-0.1, -0.05) is 0 Å². The standard InChI is InChI=1S/C17H23N5O2.2ClH/c1-24-12-17(4-8-19-9-5-17)11-20-16(23)14-10-21-22-15(14)13-2-6-18-7-3-13;;/h2-3,6-7,10,19H,4-5,8-9,11-12H2,1H3,(H,20,23)(H,21,22);2*1H. The molecule has 1 aliphatic heterocycles. The van der Waals surface area contributed by atoms with E-state index >= 15 is 0 Å². The highest BCUT2D eigenvalue weighted by molar-refractivity contribution is 5.99. The number of H-pyrrole nitrogens is 1. The number of aromatic amines is 1. The molecule has 2 aromatic heterocycles. The summed E-state index contributed by atoms with van der Waals surface area (Å²) in [6.07, 6.45) is 6.94. The number of amides is 1. The van der Waals surface area contributed by atoms with E-state index in [1.54, 1.807) is 25.7 Å². The Labute approximate surface area is 165 Å². The van der Waals surface area contributed by atoms with Crippen LogP contribution in [0.1, 0.15) is 23.2 Å². The molecule has 0 saturated carbocycles. The van der Waals surface area contributed by atoms with Crippen LogP contribution in [0.3, 0.4) is 0 Å². The van der Waals surface area contributed by atoms with Crippen molar-refractivity contribution in [3.05, 3.63) is 36.3 Å².